The largest absolute Gasteiger partial charge is 0.456 e. The summed E-state index contributed by atoms with van der Waals surface area (Å²) < 4.78 is 4.95. The molecule has 3 N–H and O–H groups in total. The molecule has 2 amide bonds. The zero-order valence-corrected chi connectivity index (χ0v) is 20.1. The van der Waals surface area contributed by atoms with Crippen molar-refractivity contribution < 1.29 is 19.1 Å². The minimum absolute atomic E-state index is 0.000392. The number of carbonyl (C=O) groups excluding carboxylic acids is 3. The Morgan fingerprint density at radius 3 is 2.03 bits per heavy atom. The van der Waals surface area contributed by atoms with E-state index in [-0.39, 0.29) is 35.4 Å². The minimum atomic E-state index is -0.642. The Hall–Kier alpha value is -3.99. The number of rotatable bonds is 10. The van der Waals surface area contributed by atoms with Crippen LogP contribution in [-0.4, -0.2) is 45.3 Å². The summed E-state index contributed by atoms with van der Waals surface area (Å²) in [6.07, 6.45) is -0.138. The van der Waals surface area contributed by atoms with E-state index in [1.807, 2.05) is 38.1 Å². The Morgan fingerprint density at radius 2 is 1.46 bits per heavy atom. The highest BCUT2D eigenvalue weighted by Crippen LogP contribution is 2.13. The Labute approximate surface area is 205 Å². The summed E-state index contributed by atoms with van der Waals surface area (Å²) in [6, 6.07) is 14.6. The minimum Gasteiger partial charge on any atom is -0.456 e. The summed E-state index contributed by atoms with van der Waals surface area (Å²) in [4.78, 5) is 50.7. The molecule has 0 saturated heterocycles. The fourth-order valence-electron chi connectivity index (χ4n) is 2.81. The van der Waals surface area contributed by atoms with Gasteiger partial charge < -0.3 is 15.4 Å². The van der Waals surface area contributed by atoms with Crippen molar-refractivity contribution in [1.82, 2.24) is 15.2 Å². The standard InChI is InChI=1S/C24H25N5O5S/c1-15-3-7-17(8-4-15)25-20(30)13-34-22(32)12-11-19-23(33)27-24(29-28-19)35-14-21(31)26-18-9-5-16(2)6-10-18/h3-10H,11-14H2,1-2H3,(H,25,30)(H,26,31)(H,27,29,33). The van der Waals surface area contributed by atoms with Crippen molar-refractivity contribution in [1.29, 1.82) is 0 Å². The Morgan fingerprint density at radius 1 is 0.886 bits per heavy atom. The van der Waals surface area contributed by atoms with Gasteiger partial charge >= 0.3 is 5.97 Å². The molecule has 0 unspecified atom stereocenters. The Kier molecular flexibility index (Phi) is 9.13. The number of esters is 1. The third-order valence-electron chi connectivity index (χ3n) is 4.68. The number of hydrogen-bond acceptors (Lipinski definition) is 8. The average molecular weight is 496 g/mol. The van der Waals surface area contributed by atoms with Gasteiger partial charge in [0.25, 0.3) is 11.5 Å². The molecule has 3 aromatic rings. The zero-order valence-electron chi connectivity index (χ0n) is 19.3. The quantitative estimate of drug-likeness (QED) is 0.288. The van der Waals surface area contributed by atoms with Crippen molar-refractivity contribution >= 4 is 40.9 Å². The second kappa shape index (κ2) is 12.5. The van der Waals surface area contributed by atoms with Gasteiger partial charge in [0.15, 0.2) is 11.8 Å². The molecule has 0 bridgehead atoms. The zero-order chi connectivity index (χ0) is 25.2. The maximum Gasteiger partial charge on any atom is 0.306 e. The number of amides is 2. The number of anilines is 2. The highest BCUT2D eigenvalue weighted by atomic mass is 32.2. The number of nitrogens with one attached hydrogen (secondary N) is 3. The van der Waals surface area contributed by atoms with Crippen LogP contribution >= 0.6 is 11.8 Å². The van der Waals surface area contributed by atoms with Crippen LogP contribution in [0.1, 0.15) is 23.2 Å². The van der Waals surface area contributed by atoms with Crippen LogP contribution in [0.15, 0.2) is 58.5 Å². The molecule has 35 heavy (non-hydrogen) atoms. The summed E-state index contributed by atoms with van der Waals surface area (Å²) in [5, 5.41) is 13.3. The van der Waals surface area contributed by atoms with Crippen molar-refractivity contribution in [3.8, 4) is 0 Å². The summed E-state index contributed by atoms with van der Waals surface area (Å²) in [5.74, 6) is -1.32. The maximum atomic E-state index is 12.2. The van der Waals surface area contributed by atoms with E-state index in [1.165, 1.54) is 0 Å². The van der Waals surface area contributed by atoms with Crippen molar-refractivity contribution in [2.75, 3.05) is 23.0 Å². The highest BCUT2D eigenvalue weighted by molar-refractivity contribution is 7.99. The van der Waals surface area contributed by atoms with E-state index in [0.717, 1.165) is 22.9 Å². The highest BCUT2D eigenvalue weighted by Gasteiger charge is 2.12. The second-order valence-corrected chi connectivity index (χ2v) is 8.65. The molecule has 1 heterocycles. The van der Waals surface area contributed by atoms with E-state index in [2.05, 4.69) is 25.8 Å². The van der Waals surface area contributed by atoms with Crippen LogP contribution in [0.2, 0.25) is 0 Å². The lowest BCUT2D eigenvalue weighted by molar-refractivity contribution is -0.147. The van der Waals surface area contributed by atoms with E-state index in [4.69, 9.17) is 4.74 Å². The average Bonchev–Trinajstić information content (AvgIpc) is 2.84. The molecular formula is C24H25N5O5S. The molecule has 182 valence electrons. The van der Waals surface area contributed by atoms with Gasteiger partial charge in [-0.15, -0.1) is 10.2 Å². The molecule has 0 radical (unpaired) electrons. The first-order valence-corrected chi connectivity index (χ1v) is 11.7. The summed E-state index contributed by atoms with van der Waals surface area (Å²) >= 11 is 1.03. The lowest BCUT2D eigenvalue weighted by Gasteiger charge is -2.07. The molecule has 3 rings (SSSR count). The van der Waals surface area contributed by atoms with Crippen LogP contribution in [0.4, 0.5) is 11.4 Å². The molecule has 0 aliphatic rings. The lowest BCUT2D eigenvalue weighted by atomic mass is 10.2. The Bertz CT molecular complexity index is 1240. The van der Waals surface area contributed by atoms with E-state index < -0.39 is 24.0 Å². The molecule has 0 aliphatic heterocycles. The van der Waals surface area contributed by atoms with Gasteiger partial charge in [-0.1, -0.05) is 47.2 Å². The number of aromatic nitrogens is 3. The summed E-state index contributed by atoms with van der Waals surface area (Å²) in [6.45, 7) is 3.45. The van der Waals surface area contributed by atoms with Gasteiger partial charge in [0.1, 0.15) is 5.69 Å². The van der Waals surface area contributed by atoms with Gasteiger partial charge in [-0.2, -0.15) is 0 Å². The van der Waals surface area contributed by atoms with Crippen LogP contribution in [0.3, 0.4) is 0 Å². The number of ether oxygens (including phenoxy) is 1. The maximum absolute atomic E-state index is 12.2. The molecule has 0 spiro atoms. The first-order valence-electron chi connectivity index (χ1n) is 10.8. The van der Waals surface area contributed by atoms with Crippen LogP contribution in [0.5, 0.6) is 0 Å². The van der Waals surface area contributed by atoms with Crippen LogP contribution in [0.25, 0.3) is 0 Å². The van der Waals surface area contributed by atoms with Gasteiger partial charge in [-0.25, -0.2) is 0 Å². The predicted octanol–water partition coefficient (Wildman–Crippen LogP) is 2.63. The monoisotopic (exact) mass is 495 g/mol. The fourth-order valence-corrected chi connectivity index (χ4v) is 3.42. The molecule has 0 aliphatic carbocycles. The molecular weight excluding hydrogens is 470 g/mol. The number of hydrogen-bond donors (Lipinski definition) is 3. The molecule has 2 aromatic carbocycles. The van der Waals surface area contributed by atoms with Gasteiger partial charge in [0.05, 0.1) is 12.2 Å². The summed E-state index contributed by atoms with van der Waals surface area (Å²) in [7, 11) is 0. The first-order chi connectivity index (χ1) is 16.8. The van der Waals surface area contributed by atoms with Crippen molar-refractivity contribution in [2.24, 2.45) is 0 Å². The number of H-pyrrole nitrogens is 1. The smallest absolute Gasteiger partial charge is 0.306 e. The van der Waals surface area contributed by atoms with E-state index >= 15 is 0 Å². The van der Waals surface area contributed by atoms with Crippen LogP contribution < -0.4 is 16.2 Å². The first kappa shape index (κ1) is 25.6. The number of carbonyl (C=O) groups is 3. The fraction of sp³-hybridized carbons (Fsp3) is 0.250. The van der Waals surface area contributed by atoms with Gasteiger partial charge in [-0.3, -0.25) is 24.2 Å². The number of nitrogens with zero attached hydrogens (tertiary/aromatic N) is 2. The van der Waals surface area contributed by atoms with Crippen molar-refractivity contribution in [3.05, 3.63) is 75.7 Å². The van der Waals surface area contributed by atoms with E-state index in [0.29, 0.717) is 11.4 Å². The number of thioether (sulfide) groups is 1. The number of aryl methyl sites for hydroxylation is 3. The third-order valence-corrected chi connectivity index (χ3v) is 5.55. The van der Waals surface area contributed by atoms with Crippen molar-refractivity contribution in [2.45, 2.75) is 31.8 Å². The topological polar surface area (TPSA) is 143 Å². The van der Waals surface area contributed by atoms with Crippen molar-refractivity contribution in [3.63, 3.8) is 0 Å². The normalized spacial score (nSPS) is 10.5. The number of benzene rings is 2. The molecule has 10 nitrogen and oxygen atoms in total. The molecule has 0 saturated carbocycles. The third kappa shape index (κ3) is 8.70. The molecule has 0 fully saturated rings. The SMILES string of the molecule is Cc1ccc(NC(=O)COC(=O)CCc2nnc(SCC(=O)Nc3ccc(C)cc3)[nH]c2=O)cc1. The van der Waals surface area contributed by atoms with Crippen LogP contribution in [0, 0.1) is 13.8 Å². The number of aromatic amines is 1. The molecule has 11 heteroatoms. The van der Waals surface area contributed by atoms with E-state index in [1.54, 1.807) is 24.3 Å². The Balaban J connectivity index is 1.39. The molecule has 0 atom stereocenters. The summed E-state index contributed by atoms with van der Waals surface area (Å²) in [5.41, 5.74) is 2.97. The second-order valence-electron chi connectivity index (χ2n) is 7.68. The van der Waals surface area contributed by atoms with Gasteiger partial charge in [-0.05, 0) is 38.1 Å². The van der Waals surface area contributed by atoms with Gasteiger partial charge in [0.2, 0.25) is 5.91 Å². The van der Waals surface area contributed by atoms with Gasteiger partial charge in [0, 0.05) is 17.8 Å². The molecule has 1 aromatic heterocycles. The predicted molar refractivity (Wildman–Crippen MR) is 132 cm³/mol. The van der Waals surface area contributed by atoms with E-state index in [9.17, 15) is 19.2 Å². The van der Waals surface area contributed by atoms with Crippen LogP contribution in [-0.2, 0) is 25.5 Å². The lowest BCUT2D eigenvalue weighted by Crippen LogP contribution is -2.22.